The molecule has 0 radical (unpaired) electrons. The molecule has 4 aromatic rings. The van der Waals surface area contributed by atoms with E-state index in [1.54, 1.807) is 23.0 Å². The molecular weight excluding hydrogens is 348 g/mol. The van der Waals surface area contributed by atoms with Gasteiger partial charge in [-0.1, -0.05) is 29.8 Å². The van der Waals surface area contributed by atoms with Crippen LogP contribution in [0.3, 0.4) is 0 Å². The highest BCUT2D eigenvalue weighted by Gasteiger charge is 2.15. The largest absolute Gasteiger partial charge is 0.351 e. The van der Waals surface area contributed by atoms with Crippen molar-refractivity contribution in [3.8, 4) is 5.69 Å². The Hall–Kier alpha value is -3.05. The lowest BCUT2D eigenvalue weighted by molar-refractivity contribution is 0.0935. The van der Waals surface area contributed by atoms with Gasteiger partial charge >= 0.3 is 0 Å². The third-order valence-corrected chi connectivity index (χ3v) is 4.53. The molecule has 1 unspecified atom stereocenters. The summed E-state index contributed by atoms with van der Waals surface area (Å²) in [5.41, 5.74) is 3.29. The van der Waals surface area contributed by atoms with Crippen LogP contribution < -0.4 is 5.32 Å². The molecular formula is C20H17ClN4O. The molecule has 0 aliphatic rings. The van der Waals surface area contributed by atoms with Crippen molar-refractivity contribution in [3.63, 3.8) is 0 Å². The topological polar surface area (TPSA) is 62.7 Å². The van der Waals surface area contributed by atoms with Crippen molar-refractivity contribution in [1.29, 1.82) is 0 Å². The maximum atomic E-state index is 12.6. The summed E-state index contributed by atoms with van der Waals surface area (Å²) in [5, 5.41) is 8.92. The number of carbonyl (C=O) groups is 1. The predicted molar refractivity (Wildman–Crippen MR) is 103 cm³/mol. The summed E-state index contributed by atoms with van der Waals surface area (Å²) in [5.74, 6) is -0.169. The second-order valence-electron chi connectivity index (χ2n) is 6.16. The molecule has 0 saturated heterocycles. The van der Waals surface area contributed by atoms with E-state index < -0.39 is 0 Å². The zero-order valence-corrected chi connectivity index (χ0v) is 14.9. The molecule has 1 amide bonds. The third-order valence-electron chi connectivity index (χ3n) is 4.30. The summed E-state index contributed by atoms with van der Waals surface area (Å²) in [6, 6.07) is 17.0. The predicted octanol–water partition coefficient (Wildman–Crippen LogP) is 4.50. The quantitative estimate of drug-likeness (QED) is 0.560. The fourth-order valence-electron chi connectivity index (χ4n) is 2.87. The van der Waals surface area contributed by atoms with Crippen molar-refractivity contribution in [2.45, 2.75) is 13.0 Å². The number of amides is 1. The number of carbonyl (C=O) groups excluding carboxylic acids is 1. The standard InChI is InChI=1S/C20H17ClN4O/c1-13(15-11-22-25(12-15)17-5-3-2-4-6-17)23-20(26)19-10-14-9-16(21)7-8-18(14)24-19/h2-13,24H,1H3,(H,23,26). The number of benzene rings is 2. The minimum Gasteiger partial charge on any atom is -0.351 e. The zero-order valence-electron chi connectivity index (χ0n) is 14.1. The van der Waals surface area contributed by atoms with Crippen LogP contribution in [-0.2, 0) is 0 Å². The molecule has 4 rings (SSSR count). The highest BCUT2D eigenvalue weighted by molar-refractivity contribution is 6.31. The van der Waals surface area contributed by atoms with E-state index in [2.05, 4.69) is 15.4 Å². The first-order chi connectivity index (χ1) is 12.6. The second kappa shape index (κ2) is 6.69. The Morgan fingerprint density at radius 1 is 1.19 bits per heavy atom. The summed E-state index contributed by atoms with van der Waals surface area (Å²) >= 11 is 6.00. The Labute approximate surface area is 155 Å². The molecule has 0 bridgehead atoms. The number of halogens is 1. The van der Waals surface area contributed by atoms with E-state index in [-0.39, 0.29) is 11.9 Å². The van der Waals surface area contributed by atoms with E-state index in [1.165, 1.54) is 0 Å². The normalized spacial score (nSPS) is 12.2. The van der Waals surface area contributed by atoms with Gasteiger partial charge in [0.2, 0.25) is 0 Å². The van der Waals surface area contributed by atoms with Crippen molar-refractivity contribution in [3.05, 3.63) is 83.3 Å². The lowest BCUT2D eigenvalue weighted by Crippen LogP contribution is -2.26. The van der Waals surface area contributed by atoms with Gasteiger partial charge in [0.15, 0.2) is 0 Å². The Morgan fingerprint density at radius 3 is 2.81 bits per heavy atom. The first-order valence-corrected chi connectivity index (χ1v) is 8.67. The number of hydrogen-bond acceptors (Lipinski definition) is 2. The molecule has 2 N–H and O–H groups in total. The molecule has 0 aliphatic heterocycles. The van der Waals surface area contributed by atoms with Crippen molar-refractivity contribution in [1.82, 2.24) is 20.1 Å². The first kappa shape index (κ1) is 16.4. The molecule has 130 valence electrons. The van der Waals surface area contributed by atoms with Crippen molar-refractivity contribution in [2.24, 2.45) is 0 Å². The lowest BCUT2D eigenvalue weighted by Gasteiger charge is -2.11. The number of H-pyrrole nitrogens is 1. The third kappa shape index (κ3) is 3.21. The Kier molecular flexibility index (Phi) is 4.22. The molecule has 0 aliphatic carbocycles. The van der Waals surface area contributed by atoms with Gasteiger partial charge in [-0.3, -0.25) is 4.79 Å². The van der Waals surface area contributed by atoms with Crippen LogP contribution in [0.4, 0.5) is 0 Å². The van der Waals surface area contributed by atoms with Crippen molar-refractivity contribution < 1.29 is 4.79 Å². The SMILES string of the molecule is CC(NC(=O)c1cc2cc(Cl)ccc2[nH]1)c1cnn(-c2ccccc2)c1. The number of nitrogens with zero attached hydrogens (tertiary/aromatic N) is 2. The van der Waals surface area contributed by atoms with Crippen LogP contribution in [0.5, 0.6) is 0 Å². The minimum absolute atomic E-state index is 0.169. The van der Waals surface area contributed by atoms with Crippen LogP contribution in [0.1, 0.15) is 29.0 Å². The zero-order chi connectivity index (χ0) is 18.1. The highest BCUT2D eigenvalue weighted by Crippen LogP contribution is 2.21. The minimum atomic E-state index is -0.171. The highest BCUT2D eigenvalue weighted by atomic mass is 35.5. The van der Waals surface area contributed by atoms with Crippen LogP contribution in [0.2, 0.25) is 5.02 Å². The second-order valence-corrected chi connectivity index (χ2v) is 6.60. The van der Waals surface area contributed by atoms with Crippen molar-refractivity contribution >= 4 is 28.4 Å². The van der Waals surface area contributed by atoms with Gasteiger partial charge in [-0.25, -0.2) is 4.68 Å². The maximum Gasteiger partial charge on any atom is 0.268 e. The monoisotopic (exact) mass is 364 g/mol. The average molecular weight is 365 g/mol. The lowest BCUT2D eigenvalue weighted by atomic mass is 10.2. The number of aromatic amines is 1. The molecule has 6 heteroatoms. The van der Waals surface area contributed by atoms with Crippen LogP contribution in [0, 0.1) is 0 Å². The van der Waals surface area contributed by atoms with Crippen LogP contribution in [-0.4, -0.2) is 20.7 Å². The smallest absolute Gasteiger partial charge is 0.268 e. The molecule has 2 aromatic carbocycles. The van der Waals surface area contributed by atoms with Gasteiger partial charge in [0, 0.05) is 27.7 Å². The van der Waals surface area contributed by atoms with Gasteiger partial charge in [-0.05, 0) is 43.3 Å². The fourth-order valence-corrected chi connectivity index (χ4v) is 3.05. The number of aromatic nitrogens is 3. The summed E-state index contributed by atoms with van der Waals surface area (Å²) in [4.78, 5) is 15.7. The Balaban J connectivity index is 1.51. The van der Waals surface area contributed by atoms with E-state index in [4.69, 9.17) is 11.6 Å². The molecule has 0 fully saturated rings. The van der Waals surface area contributed by atoms with Gasteiger partial charge in [-0.15, -0.1) is 0 Å². The van der Waals surface area contributed by atoms with E-state index in [0.717, 1.165) is 22.2 Å². The summed E-state index contributed by atoms with van der Waals surface area (Å²) in [7, 11) is 0. The van der Waals surface area contributed by atoms with Gasteiger partial charge < -0.3 is 10.3 Å². The van der Waals surface area contributed by atoms with Gasteiger partial charge in [0.25, 0.3) is 5.91 Å². The van der Waals surface area contributed by atoms with Gasteiger partial charge in [0.05, 0.1) is 17.9 Å². The Morgan fingerprint density at radius 2 is 2.00 bits per heavy atom. The maximum absolute atomic E-state index is 12.6. The molecule has 2 heterocycles. The fraction of sp³-hybridized carbons (Fsp3) is 0.100. The number of hydrogen-bond donors (Lipinski definition) is 2. The molecule has 0 saturated carbocycles. The molecule has 0 spiro atoms. The molecule has 2 aromatic heterocycles. The van der Waals surface area contributed by atoms with Crippen LogP contribution in [0.25, 0.3) is 16.6 Å². The number of nitrogens with one attached hydrogen (secondary N) is 2. The number of rotatable bonds is 4. The van der Waals surface area contributed by atoms with E-state index in [9.17, 15) is 4.79 Å². The van der Waals surface area contributed by atoms with E-state index in [0.29, 0.717) is 10.7 Å². The van der Waals surface area contributed by atoms with Gasteiger partial charge in [0.1, 0.15) is 5.69 Å². The summed E-state index contributed by atoms with van der Waals surface area (Å²) in [6.45, 7) is 1.93. The van der Waals surface area contributed by atoms with Gasteiger partial charge in [-0.2, -0.15) is 5.10 Å². The van der Waals surface area contributed by atoms with E-state index >= 15 is 0 Å². The average Bonchev–Trinajstić information content (AvgIpc) is 3.29. The summed E-state index contributed by atoms with van der Waals surface area (Å²) < 4.78 is 1.79. The van der Waals surface area contributed by atoms with Crippen molar-refractivity contribution in [2.75, 3.05) is 0 Å². The first-order valence-electron chi connectivity index (χ1n) is 8.29. The molecule has 26 heavy (non-hydrogen) atoms. The number of para-hydroxylation sites is 1. The summed E-state index contributed by atoms with van der Waals surface area (Å²) in [6.07, 6.45) is 3.69. The molecule has 1 atom stereocenters. The van der Waals surface area contributed by atoms with Crippen LogP contribution >= 0.6 is 11.6 Å². The Bertz CT molecular complexity index is 1070. The van der Waals surface area contributed by atoms with Crippen LogP contribution in [0.15, 0.2) is 67.0 Å². The van der Waals surface area contributed by atoms with E-state index in [1.807, 2.05) is 55.6 Å². The molecule has 5 nitrogen and oxygen atoms in total. The number of fused-ring (bicyclic) bond motifs is 1.